The first-order chi connectivity index (χ1) is 8.68. The summed E-state index contributed by atoms with van der Waals surface area (Å²) < 4.78 is 0. The lowest BCUT2D eigenvalue weighted by atomic mass is 9.78. The van der Waals surface area contributed by atoms with Crippen molar-refractivity contribution in [2.24, 2.45) is 11.1 Å². The summed E-state index contributed by atoms with van der Waals surface area (Å²) in [6.07, 6.45) is 7.80. The molecule has 1 saturated carbocycles. The Hall–Kier alpha value is -0.610. The van der Waals surface area contributed by atoms with Gasteiger partial charge in [-0.15, -0.1) is 0 Å². The molecule has 1 saturated heterocycles. The van der Waals surface area contributed by atoms with E-state index in [1.165, 1.54) is 12.8 Å². The molecule has 0 spiro atoms. The molecule has 4 nitrogen and oxygen atoms in total. The lowest BCUT2D eigenvalue weighted by molar-refractivity contribution is -0.144. The maximum Gasteiger partial charge on any atom is 0.230 e. The number of amides is 1. The van der Waals surface area contributed by atoms with E-state index in [4.69, 9.17) is 5.73 Å². The van der Waals surface area contributed by atoms with Crippen molar-refractivity contribution in [2.45, 2.75) is 57.5 Å². The van der Waals surface area contributed by atoms with E-state index in [9.17, 15) is 9.90 Å². The van der Waals surface area contributed by atoms with E-state index in [-0.39, 0.29) is 17.4 Å². The maximum absolute atomic E-state index is 12.7. The van der Waals surface area contributed by atoms with E-state index in [0.29, 0.717) is 32.5 Å². The van der Waals surface area contributed by atoms with Crippen LogP contribution in [0.15, 0.2) is 0 Å². The average molecular weight is 254 g/mol. The number of carbonyl (C=O) groups excluding carboxylic acids is 1. The van der Waals surface area contributed by atoms with E-state index >= 15 is 0 Å². The van der Waals surface area contributed by atoms with E-state index in [2.05, 4.69) is 0 Å². The standard InChI is InChI=1S/C14H26N2O2/c15-11-14(7-3-1-2-4-8-14)13(18)16-9-5-12(17)6-10-16/h12,17H,1-11,15H2. The average Bonchev–Trinajstić information content (AvgIpc) is 2.65. The van der Waals surface area contributed by atoms with Gasteiger partial charge in [0.2, 0.25) is 5.91 Å². The number of rotatable bonds is 2. The minimum absolute atomic E-state index is 0.225. The molecular weight excluding hydrogens is 228 g/mol. The van der Waals surface area contributed by atoms with E-state index in [0.717, 1.165) is 25.7 Å². The van der Waals surface area contributed by atoms with Crippen LogP contribution in [0.2, 0.25) is 0 Å². The molecule has 0 atom stereocenters. The Morgan fingerprint density at radius 1 is 1.17 bits per heavy atom. The number of aliphatic hydroxyl groups is 1. The van der Waals surface area contributed by atoms with Crippen LogP contribution in [-0.2, 0) is 4.79 Å². The van der Waals surface area contributed by atoms with Gasteiger partial charge >= 0.3 is 0 Å². The van der Waals surface area contributed by atoms with Crippen molar-refractivity contribution in [3.8, 4) is 0 Å². The van der Waals surface area contributed by atoms with Crippen LogP contribution in [0.4, 0.5) is 0 Å². The second kappa shape index (κ2) is 6.02. The summed E-state index contributed by atoms with van der Waals surface area (Å²) in [5.74, 6) is 0.249. The number of nitrogens with two attached hydrogens (primary N) is 1. The summed E-state index contributed by atoms with van der Waals surface area (Å²) in [7, 11) is 0. The minimum atomic E-state index is -0.307. The predicted molar refractivity (Wildman–Crippen MR) is 71.0 cm³/mol. The van der Waals surface area contributed by atoms with Crippen LogP contribution in [0.1, 0.15) is 51.4 Å². The van der Waals surface area contributed by atoms with Crippen LogP contribution in [0, 0.1) is 5.41 Å². The zero-order valence-electron chi connectivity index (χ0n) is 11.2. The monoisotopic (exact) mass is 254 g/mol. The topological polar surface area (TPSA) is 66.6 Å². The molecule has 0 unspecified atom stereocenters. The third kappa shape index (κ3) is 2.86. The number of likely N-dealkylation sites (tertiary alicyclic amines) is 1. The van der Waals surface area contributed by atoms with Gasteiger partial charge in [-0.25, -0.2) is 0 Å². The second-order valence-electron chi connectivity index (χ2n) is 5.92. The molecule has 0 radical (unpaired) electrons. The van der Waals surface area contributed by atoms with Crippen LogP contribution in [0.5, 0.6) is 0 Å². The Labute approximate surface area is 110 Å². The molecule has 2 aliphatic rings. The summed E-state index contributed by atoms with van der Waals surface area (Å²) in [5.41, 5.74) is 5.64. The van der Waals surface area contributed by atoms with Gasteiger partial charge in [0.25, 0.3) is 0 Å². The van der Waals surface area contributed by atoms with Crippen molar-refractivity contribution in [1.82, 2.24) is 4.90 Å². The molecule has 4 heteroatoms. The van der Waals surface area contributed by atoms with Crippen molar-refractivity contribution in [3.63, 3.8) is 0 Å². The Morgan fingerprint density at radius 3 is 2.22 bits per heavy atom. The molecule has 1 aliphatic heterocycles. The summed E-state index contributed by atoms with van der Waals surface area (Å²) in [4.78, 5) is 14.7. The molecule has 0 aromatic carbocycles. The van der Waals surface area contributed by atoms with Gasteiger partial charge in [-0.2, -0.15) is 0 Å². The van der Waals surface area contributed by atoms with Gasteiger partial charge in [0.15, 0.2) is 0 Å². The van der Waals surface area contributed by atoms with Gasteiger partial charge in [0, 0.05) is 19.6 Å². The smallest absolute Gasteiger partial charge is 0.230 e. The molecule has 0 aromatic heterocycles. The van der Waals surface area contributed by atoms with Gasteiger partial charge in [-0.1, -0.05) is 25.7 Å². The molecule has 2 rings (SSSR count). The lowest BCUT2D eigenvalue weighted by Gasteiger charge is -2.38. The molecule has 2 fully saturated rings. The third-order valence-electron chi connectivity index (χ3n) is 4.66. The van der Waals surface area contributed by atoms with Crippen molar-refractivity contribution < 1.29 is 9.90 Å². The molecule has 0 aromatic rings. The van der Waals surface area contributed by atoms with Crippen LogP contribution < -0.4 is 5.73 Å². The van der Waals surface area contributed by atoms with Crippen LogP contribution in [0.3, 0.4) is 0 Å². The molecule has 1 aliphatic carbocycles. The second-order valence-corrected chi connectivity index (χ2v) is 5.92. The number of aliphatic hydroxyl groups excluding tert-OH is 1. The van der Waals surface area contributed by atoms with Gasteiger partial charge in [-0.05, 0) is 25.7 Å². The zero-order valence-corrected chi connectivity index (χ0v) is 11.2. The summed E-state index contributed by atoms with van der Waals surface area (Å²) >= 11 is 0. The van der Waals surface area contributed by atoms with E-state index in [1.54, 1.807) is 0 Å². The highest BCUT2D eigenvalue weighted by atomic mass is 16.3. The third-order valence-corrected chi connectivity index (χ3v) is 4.66. The molecule has 1 amide bonds. The Bertz CT molecular complexity index is 278. The lowest BCUT2D eigenvalue weighted by Crippen LogP contribution is -2.51. The number of piperidine rings is 1. The fraction of sp³-hybridized carbons (Fsp3) is 0.929. The number of nitrogens with zero attached hydrogens (tertiary/aromatic N) is 1. The normalized spacial score (nSPS) is 25.8. The van der Waals surface area contributed by atoms with Crippen molar-refractivity contribution in [2.75, 3.05) is 19.6 Å². The number of carbonyl (C=O) groups is 1. The fourth-order valence-electron chi connectivity index (χ4n) is 3.31. The van der Waals surface area contributed by atoms with Gasteiger partial charge in [-0.3, -0.25) is 4.79 Å². The van der Waals surface area contributed by atoms with E-state index in [1.807, 2.05) is 4.90 Å². The predicted octanol–water partition coefficient (Wildman–Crippen LogP) is 1.27. The molecule has 104 valence electrons. The SMILES string of the molecule is NCC1(C(=O)N2CCC(O)CC2)CCCCCC1. The first-order valence-electron chi connectivity index (χ1n) is 7.35. The van der Waals surface area contributed by atoms with Crippen molar-refractivity contribution >= 4 is 5.91 Å². The first-order valence-corrected chi connectivity index (χ1v) is 7.35. The zero-order chi connectivity index (χ0) is 13.0. The highest BCUT2D eigenvalue weighted by Gasteiger charge is 2.40. The van der Waals surface area contributed by atoms with Crippen LogP contribution in [0.25, 0.3) is 0 Å². The highest BCUT2D eigenvalue weighted by Crippen LogP contribution is 2.36. The number of hydrogen-bond donors (Lipinski definition) is 2. The quantitative estimate of drug-likeness (QED) is 0.729. The fourth-order valence-corrected chi connectivity index (χ4v) is 3.31. The van der Waals surface area contributed by atoms with Gasteiger partial charge < -0.3 is 15.7 Å². The van der Waals surface area contributed by atoms with Gasteiger partial charge in [0.1, 0.15) is 0 Å². The highest BCUT2D eigenvalue weighted by molar-refractivity contribution is 5.83. The molecule has 1 heterocycles. The Balaban J connectivity index is 2.04. The maximum atomic E-state index is 12.7. The first kappa shape index (κ1) is 13.8. The van der Waals surface area contributed by atoms with E-state index < -0.39 is 0 Å². The largest absolute Gasteiger partial charge is 0.393 e. The molecule has 0 bridgehead atoms. The van der Waals surface area contributed by atoms with Gasteiger partial charge in [0.05, 0.1) is 11.5 Å². The molecular formula is C14H26N2O2. The Kier molecular flexibility index (Phi) is 4.62. The van der Waals surface area contributed by atoms with Crippen LogP contribution >= 0.6 is 0 Å². The minimum Gasteiger partial charge on any atom is -0.393 e. The number of hydrogen-bond acceptors (Lipinski definition) is 3. The molecule has 18 heavy (non-hydrogen) atoms. The Morgan fingerprint density at radius 2 is 1.72 bits per heavy atom. The summed E-state index contributed by atoms with van der Waals surface area (Å²) in [5, 5.41) is 9.52. The van der Waals surface area contributed by atoms with Crippen molar-refractivity contribution in [3.05, 3.63) is 0 Å². The van der Waals surface area contributed by atoms with Crippen LogP contribution in [-0.4, -0.2) is 41.7 Å². The summed E-state index contributed by atoms with van der Waals surface area (Å²) in [6.45, 7) is 1.87. The van der Waals surface area contributed by atoms with Crippen molar-refractivity contribution in [1.29, 1.82) is 0 Å². The molecule has 3 N–H and O–H groups in total. The summed E-state index contributed by atoms with van der Waals surface area (Å²) in [6, 6.07) is 0.